The van der Waals surface area contributed by atoms with Gasteiger partial charge in [-0.15, -0.1) is 0 Å². The van der Waals surface area contributed by atoms with Crippen molar-refractivity contribution in [2.24, 2.45) is 0 Å². The lowest BCUT2D eigenvalue weighted by atomic mass is 10.0. The van der Waals surface area contributed by atoms with Gasteiger partial charge in [0.1, 0.15) is 17.2 Å². The molecular weight excluding hydrogens is 436 g/mol. The molecule has 0 radical (unpaired) electrons. The van der Waals surface area contributed by atoms with E-state index < -0.39 is 0 Å². The average Bonchev–Trinajstić information content (AvgIpc) is 2.92. The van der Waals surface area contributed by atoms with E-state index in [9.17, 15) is 0 Å². The normalized spacial score (nSPS) is 10.6. The molecule has 0 bridgehead atoms. The van der Waals surface area contributed by atoms with Gasteiger partial charge in [-0.25, -0.2) is 0 Å². The Labute approximate surface area is 208 Å². The first-order chi connectivity index (χ1) is 17.2. The standard InChI is InChI=1S/C31H32O4/c1-32-27-16-11-23(12-17-27)7-9-25-5-4-6-29(21-25)35-30-20-15-26(22-31(30)34-3)10-8-24-13-18-28(33-2)19-14-24/h4-6,11-22H,7-10H2,1-3H3. The van der Waals surface area contributed by atoms with Gasteiger partial charge >= 0.3 is 0 Å². The highest BCUT2D eigenvalue weighted by atomic mass is 16.5. The first-order valence-electron chi connectivity index (χ1n) is 11.9. The highest BCUT2D eigenvalue weighted by Gasteiger charge is 2.09. The van der Waals surface area contributed by atoms with Crippen LogP contribution in [-0.2, 0) is 25.7 Å². The van der Waals surface area contributed by atoms with Gasteiger partial charge in [0.05, 0.1) is 21.3 Å². The summed E-state index contributed by atoms with van der Waals surface area (Å²) in [5, 5.41) is 0. The molecule has 0 heterocycles. The Morgan fingerprint density at radius 1 is 0.429 bits per heavy atom. The number of hydrogen-bond donors (Lipinski definition) is 0. The molecule has 0 unspecified atom stereocenters. The first kappa shape index (κ1) is 24.2. The fraction of sp³-hybridized carbons (Fsp3) is 0.226. The Kier molecular flexibility index (Phi) is 8.29. The first-order valence-corrected chi connectivity index (χ1v) is 11.9. The maximum atomic E-state index is 6.21. The largest absolute Gasteiger partial charge is 0.497 e. The summed E-state index contributed by atoms with van der Waals surface area (Å²) in [5.74, 6) is 4.02. The molecule has 4 aromatic carbocycles. The summed E-state index contributed by atoms with van der Waals surface area (Å²) < 4.78 is 22.3. The lowest BCUT2D eigenvalue weighted by Gasteiger charge is -2.13. The van der Waals surface area contributed by atoms with E-state index in [0.29, 0.717) is 5.75 Å². The van der Waals surface area contributed by atoms with E-state index in [4.69, 9.17) is 18.9 Å². The molecular formula is C31H32O4. The summed E-state index contributed by atoms with van der Waals surface area (Å²) in [4.78, 5) is 0. The van der Waals surface area contributed by atoms with E-state index in [-0.39, 0.29) is 0 Å². The van der Waals surface area contributed by atoms with Crippen molar-refractivity contribution in [2.45, 2.75) is 25.7 Å². The van der Waals surface area contributed by atoms with E-state index in [0.717, 1.165) is 48.7 Å². The van der Waals surface area contributed by atoms with Crippen molar-refractivity contribution in [2.75, 3.05) is 21.3 Å². The van der Waals surface area contributed by atoms with E-state index >= 15 is 0 Å². The Balaban J connectivity index is 1.37. The molecule has 4 nitrogen and oxygen atoms in total. The Morgan fingerprint density at radius 3 is 1.49 bits per heavy atom. The van der Waals surface area contributed by atoms with Crippen LogP contribution in [0.3, 0.4) is 0 Å². The molecule has 180 valence electrons. The van der Waals surface area contributed by atoms with Crippen LogP contribution >= 0.6 is 0 Å². The van der Waals surface area contributed by atoms with Crippen molar-refractivity contribution in [1.82, 2.24) is 0 Å². The Hall–Kier alpha value is -3.92. The van der Waals surface area contributed by atoms with Crippen LogP contribution in [0.4, 0.5) is 0 Å². The van der Waals surface area contributed by atoms with Crippen LogP contribution in [0.25, 0.3) is 0 Å². The molecule has 0 atom stereocenters. The van der Waals surface area contributed by atoms with Gasteiger partial charge in [0.25, 0.3) is 0 Å². The second-order valence-corrected chi connectivity index (χ2v) is 8.43. The topological polar surface area (TPSA) is 36.9 Å². The summed E-state index contributed by atoms with van der Waals surface area (Å²) in [6.45, 7) is 0. The number of rotatable bonds is 11. The van der Waals surface area contributed by atoms with Gasteiger partial charge in [-0.3, -0.25) is 0 Å². The fourth-order valence-electron chi connectivity index (χ4n) is 4.01. The summed E-state index contributed by atoms with van der Waals surface area (Å²) in [5.41, 5.74) is 4.99. The maximum Gasteiger partial charge on any atom is 0.169 e. The van der Waals surface area contributed by atoms with Crippen LogP contribution in [0.1, 0.15) is 22.3 Å². The van der Waals surface area contributed by atoms with Gasteiger partial charge in [-0.1, -0.05) is 42.5 Å². The van der Waals surface area contributed by atoms with Crippen molar-refractivity contribution in [1.29, 1.82) is 0 Å². The highest BCUT2D eigenvalue weighted by Crippen LogP contribution is 2.33. The van der Waals surface area contributed by atoms with E-state index in [2.05, 4.69) is 48.5 Å². The number of ether oxygens (including phenoxy) is 4. The molecule has 0 amide bonds. The van der Waals surface area contributed by atoms with Crippen molar-refractivity contribution in [3.8, 4) is 28.7 Å². The zero-order valence-electron chi connectivity index (χ0n) is 20.6. The fourth-order valence-corrected chi connectivity index (χ4v) is 4.01. The quantitative estimate of drug-likeness (QED) is 0.236. The lowest BCUT2D eigenvalue weighted by molar-refractivity contribution is 0.378. The molecule has 0 aliphatic carbocycles. The second kappa shape index (κ2) is 12.0. The number of methoxy groups -OCH3 is 3. The highest BCUT2D eigenvalue weighted by molar-refractivity contribution is 5.46. The van der Waals surface area contributed by atoms with Gasteiger partial charge < -0.3 is 18.9 Å². The number of aryl methyl sites for hydroxylation is 4. The SMILES string of the molecule is COc1ccc(CCc2cccc(Oc3ccc(CCc4ccc(OC)cc4)cc3OC)c2)cc1. The molecule has 4 heteroatoms. The predicted molar refractivity (Wildman–Crippen MR) is 140 cm³/mol. The van der Waals surface area contributed by atoms with Crippen LogP contribution < -0.4 is 18.9 Å². The zero-order chi connectivity index (χ0) is 24.5. The third kappa shape index (κ3) is 6.80. The molecule has 0 saturated heterocycles. The van der Waals surface area contributed by atoms with Crippen molar-refractivity contribution < 1.29 is 18.9 Å². The monoisotopic (exact) mass is 468 g/mol. The average molecular weight is 469 g/mol. The Bertz CT molecular complexity index is 1210. The molecule has 0 aromatic heterocycles. The van der Waals surface area contributed by atoms with Crippen LogP contribution in [0.2, 0.25) is 0 Å². The Morgan fingerprint density at radius 2 is 0.943 bits per heavy atom. The summed E-state index contributed by atoms with van der Waals surface area (Å²) in [7, 11) is 5.05. The summed E-state index contributed by atoms with van der Waals surface area (Å²) >= 11 is 0. The summed E-state index contributed by atoms with van der Waals surface area (Å²) in [6.07, 6.45) is 3.76. The lowest BCUT2D eigenvalue weighted by Crippen LogP contribution is -1.96. The maximum absolute atomic E-state index is 6.21. The molecule has 0 aliphatic heterocycles. The minimum Gasteiger partial charge on any atom is -0.497 e. The van der Waals surface area contributed by atoms with Crippen LogP contribution in [0.15, 0.2) is 91.0 Å². The van der Waals surface area contributed by atoms with E-state index in [1.807, 2.05) is 42.5 Å². The van der Waals surface area contributed by atoms with Crippen LogP contribution in [-0.4, -0.2) is 21.3 Å². The van der Waals surface area contributed by atoms with Gasteiger partial charge in [-0.2, -0.15) is 0 Å². The number of hydrogen-bond acceptors (Lipinski definition) is 4. The van der Waals surface area contributed by atoms with Crippen LogP contribution in [0, 0.1) is 0 Å². The zero-order valence-corrected chi connectivity index (χ0v) is 20.6. The molecule has 4 aromatic rings. The molecule has 0 aliphatic rings. The van der Waals surface area contributed by atoms with E-state index in [1.165, 1.54) is 22.3 Å². The predicted octanol–water partition coefficient (Wildman–Crippen LogP) is 7.08. The molecule has 35 heavy (non-hydrogen) atoms. The smallest absolute Gasteiger partial charge is 0.169 e. The van der Waals surface area contributed by atoms with E-state index in [1.54, 1.807) is 21.3 Å². The van der Waals surface area contributed by atoms with Gasteiger partial charge in [0, 0.05) is 0 Å². The minimum atomic E-state index is 0.716. The molecule has 4 rings (SSSR count). The van der Waals surface area contributed by atoms with Crippen molar-refractivity contribution in [3.05, 3.63) is 113 Å². The summed E-state index contributed by atoms with van der Waals surface area (Å²) in [6, 6.07) is 30.8. The molecule has 0 N–H and O–H groups in total. The van der Waals surface area contributed by atoms with Crippen molar-refractivity contribution in [3.63, 3.8) is 0 Å². The molecule has 0 spiro atoms. The molecule has 0 fully saturated rings. The minimum absolute atomic E-state index is 0.716. The van der Waals surface area contributed by atoms with Gasteiger partial charge in [0.15, 0.2) is 11.5 Å². The van der Waals surface area contributed by atoms with Gasteiger partial charge in [-0.05, 0) is 96.5 Å². The van der Waals surface area contributed by atoms with Gasteiger partial charge in [0.2, 0.25) is 0 Å². The third-order valence-electron chi connectivity index (χ3n) is 6.08. The van der Waals surface area contributed by atoms with Crippen molar-refractivity contribution >= 4 is 0 Å². The second-order valence-electron chi connectivity index (χ2n) is 8.43. The number of benzene rings is 4. The third-order valence-corrected chi connectivity index (χ3v) is 6.08. The molecule has 0 saturated carbocycles. The van der Waals surface area contributed by atoms with Crippen LogP contribution in [0.5, 0.6) is 28.7 Å².